The summed E-state index contributed by atoms with van der Waals surface area (Å²) >= 11 is 0. The molecule has 0 unspecified atom stereocenters. The topological polar surface area (TPSA) is 52.6 Å². The minimum Gasteiger partial charge on any atom is -0.462 e. The van der Waals surface area contributed by atoms with Gasteiger partial charge in [-0.15, -0.1) is 0 Å². The van der Waals surface area contributed by atoms with E-state index < -0.39 is 5.97 Å². The van der Waals surface area contributed by atoms with Gasteiger partial charge in [0.25, 0.3) is 0 Å². The highest BCUT2D eigenvalue weighted by Crippen LogP contribution is 2.13. The number of hydrogen-bond donors (Lipinski definition) is 0. The molecule has 0 saturated heterocycles. The van der Waals surface area contributed by atoms with Crippen LogP contribution < -0.4 is 4.74 Å². The lowest BCUT2D eigenvalue weighted by atomic mass is 10.1. The van der Waals surface area contributed by atoms with Crippen LogP contribution in [0.1, 0.15) is 47.4 Å². The largest absolute Gasteiger partial charge is 0.462 e. The molecule has 0 bridgehead atoms. The fourth-order valence-corrected chi connectivity index (χ4v) is 2.14. The van der Waals surface area contributed by atoms with Crippen LogP contribution in [0, 0.1) is 5.92 Å². The van der Waals surface area contributed by atoms with E-state index in [4.69, 9.17) is 9.47 Å². The van der Waals surface area contributed by atoms with Gasteiger partial charge in [-0.3, -0.25) is 0 Å². The zero-order chi connectivity index (χ0) is 17.4. The molecule has 0 spiro atoms. The van der Waals surface area contributed by atoms with Gasteiger partial charge in [0.15, 0.2) is 0 Å². The van der Waals surface area contributed by atoms with Crippen LogP contribution >= 0.6 is 0 Å². The van der Waals surface area contributed by atoms with E-state index in [1.165, 1.54) is 0 Å². The number of ether oxygens (including phenoxy) is 2. The summed E-state index contributed by atoms with van der Waals surface area (Å²) in [5.41, 5.74) is 0.811. The Labute approximate surface area is 142 Å². The molecule has 0 atom stereocenters. The Morgan fingerprint density at radius 3 is 2.04 bits per heavy atom. The molecule has 0 aromatic heterocycles. The Kier molecular flexibility index (Phi) is 6.55. The average molecular weight is 326 g/mol. The van der Waals surface area contributed by atoms with Crippen molar-refractivity contribution in [1.82, 2.24) is 0 Å². The molecule has 0 aliphatic carbocycles. The van der Waals surface area contributed by atoms with E-state index in [9.17, 15) is 9.59 Å². The van der Waals surface area contributed by atoms with Gasteiger partial charge in [-0.1, -0.05) is 32.0 Å². The van der Waals surface area contributed by atoms with Gasteiger partial charge in [0, 0.05) is 0 Å². The Bertz CT molecular complexity index is 660. The van der Waals surface area contributed by atoms with Crippen LogP contribution in [-0.4, -0.2) is 18.5 Å². The monoisotopic (exact) mass is 326 g/mol. The summed E-state index contributed by atoms with van der Waals surface area (Å²) in [6, 6.07) is 15.1. The second kappa shape index (κ2) is 8.87. The lowest BCUT2D eigenvalue weighted by Crippen LogP contribution is -2.10. The van der Waals surface area contributed by atoms with E-state index in [1.54, 1.807) is 48.5 Å². The van der Waals surface area contributed by atoms with Crippen LogP contribution in [0.2, 0.25) is 0 Å². The summed E-state index contributed by atoms with van der Waals surface area (Å²) < 4.78 is 10.5. The van der Waals surface area contributed by atoms with E-state index in [0.717, 1.165) is 12.8 Å². The first kappa shape index (κ1) is 17.7. The van der Waals surface area contributed by atoms with Crippen molar-refractivity contribution in [2.45, 2.75) is 26.7 Å². The fourth-order valence-electron chi connectivity index (χ4n) is 2.14. The first-order valence-electron chi connectivity index (χ1n) is 8.10. The number of para-hydroxylation sites is 1. The third-order valence-electron chi connectivity index (χ3n) is 3.47. The van der Waals surface area contributed by atoms with Crippen LogP contribution in [0.4, 0.5) is 0 Å². The van der Waals surface area contributed by atoms with Crippen molar-refractivity contribution in [2.24, 2.45) is 5.92 Å². The van der Waals surface area contributed by atoms with E-state index in [-0.39, 0.29) is 5.97 Å². The van der Waals surface area contributed by atoms with E-state index in [1.807, 2.05) is 6.07 Å². The van der Waals surface area contributed by atoms with Crippen molar-refractivity contribution in [3.05, 3.63) is 65.7 Å². The van der Waals surface area contributed by atoms with Crippen molar-refractivity contribution in [1.29, 1.82) is 0 Å². The van der Waals surface area contributed by atoms with E-state index >= 15 is 0 Å². The molecule has 4 heteroatoms. The molecule has 4 nitrogen and oxygen atoms in total. The van der Waals surface area contributed by atoms with Crippen LogP contribution in [0.25, 0.3) is 0 Å². The molecule has 0 saturated carbocycles. The number of esters is 2. The average Bonchev–Trinajstić information content (AvgIpc) is 2.59. The first-order chi connectivity index (χ1) is 11.6. The maximum atomic E-state index is 12.0. The van der Waals surface area contributed by atoms with Crippen molar-refractivity contribution in [3.8, 4) is 5.75 Å². The molecule has 0 N–H and O–H groups in total. The summed E-state index contributed by atoms with van der Waals surface area (Å²) in [6.07, 6.45) is 1.88. The third kappa shape index (κ3) is 5.54. The molecule has 126 valence electrons. The summed E-state index contributed by atoms with van der Waals surface area (Å²) in [7, 11) is 0. The van der Waals surface area contributed by atoms with Gasteiger partial charge in [0.05, 0.1) is 17.7 Å². The molecule has 0 aliphatic rings. The quantitative estimate of drug-likeness (QED) is 0.427. The second-order valence-corrected chi connectivity index (χ2v) is 5.95. The van der Waals surface area contributed by atoms with Crippen molar-refractivity contribution in [3.63, 3.8) is 0 Å². The summed E-state index contributed by atoms with van der Waals surface area (Å²) in [5, 5.41) is 0. The molecule has 0 fully saturated rings. The summed E-state index contributed by atoms with van der Waals surface area (Å²) in [6.45, 7) is 4.68. The zero-order valence-corrected chi connectivity index (χ0v) is 14.0. The highest BCUT2D eigenvalue weighted by atomic mass is 16.5. The Hall–Kier alpha value is -2.62. The normalized spacial score (nSPS) is 10.5. The SMILES string of the molecule is CC(C)CCCOC(=O)c1ccc(C(=O)Oc2ccccc2)cc1. The maximum absolute atomic E-state index is 12.0. The molecule has 24 heavy (non-hydrogen) atoms. The lowest BCUT2D eigenvalue weighted by molar-refractivity contribution is 0.0494. The number of rotatable bonds is 7. The molecule has 2 rings (SSSR count). The fraction of sp³-hybridized carbons (Fsp3) is 0.300. The smallest absolute Gasteiger partial charge is 0.343 e. The van der Waals surface area contributed by atoms with Crippen LogP contribution in [0.15, 0.2) is 54.6 Å². The molecule has 0 aliphatic heterocycles. The van der Waals surface area contributed by atoms with E-state index in [2.05, 4.69) is 13.8 Å². The highest BCUT2D eigenvalue weighted by molar-refractivity contribution is 5.94. The molecule has 2 aromatic carbocycles. The lowest BCUT2D eigenvalue weighted by Gasteiger charge is -2.07. The molecule has 2 aromatic rings. The standard InChI is InChI=1S/C20H22O4/c1-15(2)7-6-14-23-19(21)16-10-12-17(13-11-16)20(22)24-18-8-4-3-5-9-18/h3-5,8-13,15H,6-7,14H2,1-2H3. The van der Waals surface area contributed by atoms with Gasteiger partial charge in [0.2, 0.25) is 0 Å². The molecule has 0 amide bonds. The third-order valence-corrected chi connectivity index (χ3v) is 3.47. The number of benzene rings is 2. The Morgan fingerprint density at radius 1 is 0.875 bits per heavy atom. The number of hydrogen-bond acceptors (Lipinski definition) is 4. The van der Waals surface area contributed by atoms with Gasteiger partial charge in [-0.05, 0) is 55.2 Å². The maximum Gasteiger partial charge on any atom is 0.343 e. The zero-order valence-electron chi connectivity index (χ0n) is 14.0. The highest BCUT2D eigenvalue weighted by Gasteiger charge is 2.11. The number of carbonyl (C=O) groups excluding carboxylic acids is 2. The van der Waals surface area contributed by atoms with Crippen LogP contribution in [-0.2, 0) is 4.74 Å². The van der Waals surface area contributed by atoms with Crippen LogP contribution in [0.5, 0.6) is 5.75 Å². The molecular weight excluding hydrogens is 304 g/mol. The van der Waals surface area contributed by atoms with E-state index in [0.29, 0.717) is 29.4 Å². The van der Waals surface area contributed by atoms with Crippen LogP contribution in [0.3, 0.4) is 0 Å². The molecule has 0 heterocycles. The van der Waals surface area contributed by atoms with Gasteiger partial charge in [-0.25, -0.2) is 9.59 Å². The predicted molar refractivity (Wildman–Crippen MR) is 92.2 cm³/mol. The summed E-state index contributed by atoms with van der Waals surface area (Å²) in [4.78, 5) is 24.0. The van der Waals surface area contributed by atoms with Crippen molar-refractivity contribution < 1.29 is 19.1 Å². The van der Waals surface area contributed by atoms with Crippen molar-refractivity contribution >= 4 is 11.9 Å². The number of carbonyl (C=O) groups is 2. The molecular formula is C20H22O4. The van der Waals surface area contributed by atoms with Crippen molar-refractivity contribution in [2.75, 3.05) is 6.61 Å². The van der Waals surface area contributed by atoms with Gasteiger partial charge >= 0.3 is 11.9 Å². The Balaban J connectivity index is 1.87. The molecule has 0 radical (unpaired) electrons. The minimum absolute atomic E-state index is 0.373. The predicted octanol–water partition coefficient (Wildman–Crippen LogP) is 4.50. The first-order valence-corrected chi connectivity index (χ1v) is 8.10. The van der Waals surface area contributed by atoms with Gasteiger partial charge < -0.3 is 9.47 Å². The second-order valence-electron chi connectivity index (χ2n) is 5.95. The van der Waals surface area contributed by atoms with Gasteiger partial charge in [-0.2, -0.15) is 0 Å². The Morgan fingerprint density at radius 2 is 1.46 bits per heavy atom. The summed E-state index contributed by atoms with van der Waals surface area (Å²) in [5.74, 6) is 0.245. The van der Waals surface area contributed by atoms with Gasteiger partial charge in [0.1, 0.15) is 5.75 Å². The minimum atomic E-state index is -0.460.